The molecule has 2 saturated heterocycles. The number of carbonyl (C=O) groups excluding carboxylic acids is 2. The van der Waals surface area contributed by atoms with Gasteiger partial charge in [-0.1, -0.05) is 23.7 Å². The summed E-state index contributed by atoms with van der Waals surface area (Å²) in [5.74, 6) is 1.12. The zero-order valence-electron chi connectivity index (χ0n) is 19.1. The average Bonchev–Trinajstić information content (AvgIpc) is 2.77. The maximum atomic E-state index is 12.6. The van der Waals surface area contributed by atoms with Gasteiger partial charge in [-0.05, 0) is 43.9 Å². The summed E-state index contributed by atoms with van der Waals surface area (Å²) in [6.45, 7) is 6.34. The molecule has 2 heterocycles. The lowest BCUT2D eigenvalue weighted by Crippen LogP contribution is -2.54. The van der Waals surface area contributed by atoms with Crippen molar-refractivity contribution in [2.24, 2.45) is 4.99 Å². The van der Waals surface area contributed by atoms with Gasteiger partial charge in [-0.3, -0.25) is 14.6 Å². The van der Waals surface area contributed by atoms with Crippen molar-refractivity contribution in [1.82, 2.24) is 20.0 Å². The van der Waals surface area contributed by atoms with Crippen molar-refractivity contribution in [2.75, 3.05) is 46.3 Å². The van der Waals surface area contributed by atoms with Gasteiger partial charge in [0.25, 0.3) is 0 Å². The molecule has 3 rings (SSSR count). The number of guanidine groups is 1. The van der Waals surface area contributed by atoms with E-state index in [1.165, 1.54) is 6.42 Å². The van der Waals surface area contributed by atoms with E-state index in [1.54, 1.807) is 7.05 Å². The summed E-state index contributed by atoms with van der Waals surface area (Å²) < 4.78 is 0. The molecule has 1 N–H and O–H groups in total. The van der Waals surface area contributed by atoms with E-state index in [0.717, 1.165) is 44.0 Å². The molecule has 2 aliphatic heterocycles. The van der Waals surface area contributed by atoms with Crippen molar-refractivity contribution in [3.05, 3.63) is 34.9 Å². The second kappa shape index (κ2) is 13.2. The second-order valence-corrected chi connectivity index (χ2v) is 8.77. The van der Waals surface area contributed by atoms with Crippen LogP contribution in [0.15, 0.2) is 29.3 Å². The molecule has 0 radical (unpaired) electrons. The number of halogens is 2. The highest BCUT2D eigenvalue weighted by Gasteiger charge is 2.25. The van der Waals surface area contributed by atoms with Crippen LogP contribution in [0.2, 0.25) is 5.02 Å². The quantitative estimate of drug-likeness (QED) is 0.333. The molecule has 0 bridgehead atoms. The van der Waals surface area contributed by atoms with E-state index in [1.807, 2.05) is 34.1 Å². The fraction of sp³-hybridized carbons (Fsp3) is 0.609. The Bertz CT molecular complexity index is 798. The number of amides is 2. The molecule has 7 nitrogen and oxygen atoms in total. The van der Waals surface area contributed by atoms with Crippen LogP contribution in [0.4, 0.5) is 0 Å². The summed E-state index contributed by atoms with van der Waals surface area (Å²) in [5.41, 5.74) is 0.935. The monoisotopic (exact) mass is 575 g/mol. The van der Waals surface area contributed by atoms with E-state index in [4.69, 9.17) is 11.6 Å². The van der Waals surface area contributed by atoms with E-state index in [-0.39, 0.29) is 35.8 Å². The van der Waals surface area contributed by atoms with E-state index in [2.05, 4.69) is 22.1 Å². The predicted octanol–water partition coefficient (Wildman–Crippen LogP) is 3.01. The molecule has 1 aromatic rings. The van der Waals surface area contributed by atoms with E-state index in [0.29, 0.717) is 43.5 Å². The van der Waals surface area contributed by atoms with Crippen molar-refractivity contribution in [3.63, 3.8) is 0 Å². The van der Waals surface area contributed by atoms with Crippen molar-refractivity contribution in [2.45, 2.75) is 45.1 Å². The standard InChI is InChI=1S/C23H34ClN5O2.HI/c1-18-6-3-4-11-29(18)21(30)9-10-26-23(25-2)28-14-12-27(13-15-28)22(31)17-19-7-5-8-20(24)16-19;/h5,7-8,16,18H,3-4,6,9-15,17H2,1-2H3,(H,25,26);1H. The maximum absolute atomic E-state index is 12.6. The molecule has 1 unspecified atom stereocenters. The third-order valence-corrected chi connectivity index (χ3v) is 6.37. The minimum absolute atomic E-state index is 0. The Labute approximate surface area is 213 Å². The van der Waals surface area contributed by atoms with E-state index in [9.17, 15) is 9.59 Å². The Morgan fingerprint density at radius 1 is 1.09 bits per heavy atom. The minimum atomic E-state index is 0. The average molecular weight is 576 g/mol. The first-order valence-corrected chi connectivity index (χ1v) is 11.6. The van der Waals surface area contributed by atoms with Crippen LogP contribution in [-0.4, -0.2) is 84.8 Å². The molecule has 32 heavy (non-hydrogen) atoms. The Morgan fingerprint density at radius 2 is 1.81 bits per heavy atom. The number of rotatable bonds is 5. The third kappa shape index (κ3) is 7.50. The molecular weight excluding hydrogens is 541 g/mol. The fourth-order valence-electron chi connectivity index (χ4n) is 4.33. The molecule has 1 aromatic carbocycles. The molecule has 0 spiro atoms. The van der Waals surface area contributed by atoms with Gasteiger partial charge >= 0.3 is 0 Å². The number of hydrogen-bond acceptors (Lipinski definition) is 3. The molecule has 2 aliphatic rings. The number of hydrogen-bond donors (Lipinski definition) is 1. The largest absolute Gasteiger partial charge is 0.356 e. The van der Waals surface area contributed by atoms with Crippen LogP contribution in [0.5, 0.6) is 0 Å². The smallest absolute Gasteiger partial charge is 0.227 e. The van der Waals surface area contributed by atoms with E-state index >= 15 is 0 Å². The molecule has 0 aromatic heterocycles. The van der Waals surface area contributed by atoms with Gasteiger partial charge in [-0.15, -0.1) is 24.0 Å². The van der Waals surface area contributed by atoms with Crippen molar-refractivity contribution in [3.8, 4) is 0 Å². The third-order valence-electron chi connectivity index (χ3n) is 6.13. The molecule has 178 valence electrons. The maximum Gasteiger partial charge on any atom is 0.227 e. The molecule has 0 aliphatic carbocycles. The predicted molar refractivity (Wildman–Crippen MR) is 140 cm³/mol. The number of benzene rings is 1. The highest BCUT2D eigenvalue weighted by molar-refractivity contribution is 14.0. The zero-order valence-corrected chi connectivity index (χ0v) is 22.1. The van der Waals surface area contributed by atoms with Crippen LogP contribution in [0.25, 0.3) is 0 Å². The van der Waals surface area contributed by atoms with Crippen LogP contribution < -0.4 is 5.32 Å². The Morgan fingerprint density at radius 3 is 2.47 bits per heavy atom. The van der Waals surface area contributed by atoms with Crippen LogP contribution in [0.1, 0.15) is 38.2 Å². The summed E-state index contributed by atoms with van der Waals surface area (Å²) in [5, 5.41) is 3.98. The summed E-state index contributed by atoms with van der Waals surface area (Å²) in [6, 6.07) is 7.80. The van der Waals surface area contributed by atoms with Gasteiger partial charge in [0.2, 0.25) is 11.8 Å². The van der Waals surface area contributed by atoms with E-state index < -0.39 is 0 Å². The first kappa shape index (κ1) is 26.7. The number of carbonyl (C=O) groups is 2. The zero-order chi connectivity index (χ0) is 22.2. The molecule has 0 saturated carbocycles. The highest BCUT2D eigenvalue weighted by atomic mass is 127. The number of piperidine rings is 1. The Kier molecular flexibility index (Phi) is 11.0. The Hall–Kier alpha value is -1.55. The van der Waals surface area contributed by atoms with Crippen LogP contribution in [0.3, 0.4) is 0 Å². The molecule has 9 heteroatoms. The Balaban J connectivity index is 0.00000363. The molecule has 1 atom stereocenters. The number of nitrogens with zero attached hydrogens (tertiary/aromatic N) is 4. The van der Waals surface area contributed by atoms with Crippen molar-refractivity contribution < 1.29 is 9.59 Å². The lowest BCUT2D eigenvalue weighted by atomic mass is 10.0. The van der Waals surface area contributed by atoms with Crippen molar-refractivity contribution >= 4 is 53.4 Å². The lowest BCUT2D eigenvalue weighted by molar-refractivity contribution is -0.134. The molecular formula is C23H35ClIN5O2. The van der Waals surface area contributed by atoms with Crippen LogP contribution in [-0.2, 0) is 16.0 Å². The lowest BCUT2D eigenvalue weighted by Gasteiger charge is -2.37. The number of aliphatic imine (C=N–C) groups is 1. The van der Waals surface area contributed by atoms with Gasteiger partial charge in [0.1, 0.15) is 0 Å². The number of piperazine rings is 1. The first-order chi connectivity index (χ1) is 15.0. The van der Waals surface area contributed by atoms with Gasteiger partial charge in [0.05, 0.1) is 6.42 Å². The summed E-state index contributed by atoms with van der Waals surface area (Å²) in [7, 11) is 1.76. The molecule has 2 amide bonds. The van der Waals surface area contributed by atoms with Crippen molar-refractivity contribution in [1.29, 1.82) is 0 Å². The highest BCUT2D eigenvalue weighted by Crippen LogP contribution is 2.17. The number of nitrogens with one attached hydrogen (secondary N) is 1. The van der Waals surface area contributed by atoms with Crippen LogP contribution in [0, 0.1) is 0 Å². The summed E-state index contributed by atoms with van der Waals surface area (Å²) in [6.07, 6.45) is 4.25. The van der Waals surface area contributed by atoms with Crippen LogP contribution >= 0.6 is 35.6 Å². The fourth-order valence-corrected chi connectivity index (χ4v) is 4.54. The molecule has 2 fully saturated rings. The van der Waals surface area contributed by atoms with Gasteiger partial charge in [0.15, 0.2) is 5.96 Å². The normalized spacial score (nSPS) is 19.4. The SMILES string of the molecule is CN=C(NCCC(=O)N1CCCCC1C)N1CCN(C(=O)Cc2cccc(Cl)c2)CC1.I. The number of likely N-dealkylation sites (tertiary alicyclic amines) is 1. The first-order valence-electron chi connectivity index (χ1n) is 11.2. The summed E-state index contributed by atoms with van der Waals surface area (Å²) in [4.78, 5) is 35.6. The summed E-state index contributed by atoms with van der Waals surface area (Å²) >= 11 is 6.02. The second-order valence-electron chi connectivity index (χ2n) is 8.33. The van der Waals surface area contributed by atoms with Gasteiger partial charge in [-0.2, -0.15) is 0 Å². The topological polar surface area (TPSA) is 68.2 Å². The minimum Gasteiger partial charge on any atom is -0.356 e. The van der Waals surface area contributed by atoms with Gasteiger partial charge < -0.3 is 20.0 Å². The van der Waals surface area contributed by atoms with Gasteiger partial charge in [-0.25, -0.2) is 0 Å². The van der Waals surface area contributed by atoms with Gasteiger partial charge in [0, 0.05) is 63.8 Å².